The Balaban J connectivity index is 1.36. The SMILES string of the molecule is O=C(NCC1CN(C2CC2)CCO1)c1ccn(-c2cccc(C(F)(F)F)c2)n1. The van der Waals surface area contributed by atoms with E-state index in [4.69, 9.17) is 4.74 Å². The van der Waals surface area contributed by atoms with Crippen LogP contribution >= 0.6 is 0 Å². The van der Waals surface area contributed by atoms with Gasteiger partial charge in [-0.05, 0) is 37.1 Å². The molecule has 1 aliphatic heterocycles. The molecule has 0 radical (unpaired) electrons. The zero-order valence-electron chi connectivity index (χ0n) is 15.2. The number of aromatic nitrogens is 2. The van der Waals surface area contributed by atoms with Gasteiger partial charge in [0.15, 0.2) is 5.69 Å². The van der Waals surface area contributed by atoms with Crippen LogP contribution in [-0.4, -0.2) is 59.0 Å². The molecule has 1 saturated heterocycles. The summed E-state index contributed by atoms with van der Waals surface area (Å²) in [5, 5.41) is 6.91. The molecule has 4 rings (SSSR count). The molecule has 2 aromatic rings. The molecule has 0 spiro atoms. The topological polar surface area (TPSA) is 59.4 Å². The maximum absolute atomic E-state index is 12.9. The Labute approximate surface area is 160 Å². The second-order valence-corrected chi connectivity index (χ2v) is 7.12. The minimum Gasteiger partial charge on any atom is -0.374 e. The molecule has 2 aliphatic rings. The van der Waals surface area contributed by atoms with Gasteiger partial charge in [0, 0.05) is 31.9 Å². The summed E-state index contributed by atoms with van der Waals surface area (Å²) in [6, 6.07) is 6.95. The van der Waals surface area contributed by atoms with Gasteiger partial charge in [0.2, 0.25) is 0 Å². The average molecular weight is 394 g/mol. The standard InChI is InChI=1S/C19H21F3N4O2/c20-19(21,22)13-2-1-3-15(10-13)26-7-6-17(24-26)18(27)23-11-16-12-25(8-9-28-16)14-4-5-14/h1-3,6-7,10,14,16H,4-5,8-9,11-12H2,(H,23,27). The highest BCUT2D eigenvalue weighted by molar-refractivity contribution is 5.92. The highest BCUT2D eigenvalue weighted by Crippen LogP contribution is 2.30. The van der Waals surface area contributed by atoms with Crippen LogP contribution in [0.2, 0.25) is 0 Å². The van der Waals surface area contributed by atoms with E-state index in [9.17, 15) is 18.0 Å². The zero-order chi connectivity index (χ0) is 19.7. The Bertz CT molecular complexity index is 848. The number of carbonyl (C=O) groups is 1. The van der Waals surface area contributed by atoms with Crippen LogP contribution in [0.25, 0.3) is 5.69 Å². The fourth-order valence-corrected chi connectivity index (χ4v) is 3.35. The third-order valence-electron chi connectivity index (χ3n) is 4.98. The van der Waals surface area contributed by atoms with E-state index >= 15 is 0 Å². The number of rotatable bonds is 5. The normalized spacial score (nSPS) is 20.9. The van der Waals surface area contributed by atoms with Crippen molar-refractivity contribution in [1.29, 1.82) is 0 Å². The summed E-state index contributed by atoms with van der Waals surface area (Å²) in [5.41, 5.74) is -0.377. The second kappa shape index (κ2) is 7.56. The van der Waals surface area contributed by atoms with Crippen LogP contribution < -0.4 is 5.32 Å². The zero-order valence-corrected chi connectivity index (χ0v) is 15.2. The third kappa shape index (κ3) is 4.36. The van der Waals surface area contributed by atoms with Gasteiger partial charge >= 0.3 is 6.18 Å². The number of nitrogens with one attached hydrogen (secondary N) is 1. The van der Waals surface area contributed by atoms with E-state index in [-0.39, 0.29) is 23.4 Å². The smallest absolute Gasteiger partial charge is 0.374 e. The summed E-state index contributed by atoms with van der Waals surface area (Å²) in [6.07, 6.45) is -0.574. The van der Waals surface area contributed by atoms with Crippen LogP contribution in [0.4, 0.5) is 13.2 Å². The minimum absolute atomic E-state index is 0.0659. The molecular formula is C19H21F3N4O2. The molecule has 1 amide bonds. The van der Waals surface area contributed by atoms with Crippen LogP contribution in [0.1, 0.15) is 28.9 Å². The maximum Gasteiger partial charge on any atom is 0.416 e. The molecule has 1 aromatic carbocycles. The van der Waals surface area contributed by atoms with Crippen molar-refractivity contribution in [1.82, 2.24) is 20.0 Å². The lowest BCUT2D eigenvalue weighted by molar-refractivity contribution is -0.137. The summed E-state index contributed by atoms with van der Waals surface area (Å²) >= 11 is 0. The van der Waals surface area contributed by atoms with Crippen molar-refractivity contribution in [2.24, 2.45) is 0 Å². The van der Waals surface area contributed by atoms with Gasteiger partial charge in [-0.15, -0.1) is 0 Å². The Hall–Kier alpha value is -2.39. The monoisotopic (exact) mass is 394 g/mol. The van der Waals surface area contributed by atoms with E-state index in [1.54, 1.807) is 0 Å². The molecule has 150 valence electrons. The first-order chi connectivity index (χ1) is 13.4. The molecule has 2 fully saturated rings. The molecule has 0 bridgehead atoms. The summed E-state index contributed by atoms with van der Waals surface area (Å²) in [7, 11) is 0. The van der Waals surface area contributed by atoms with Crippen LogP contribution in [0.5, 0.6) is 0 Å². The first-order valence-corrected chi connectivity index (χ1v) is 9.27. The molecule has 9 heteroatoms. The van der Waals surface area contributed by atoms with E-state index in [0.29, 0.717) is 19.2 Å². The van der Waals surface area contributed by atoms with Crippen LogP contribution in [0.15, 0.2) is 36.5 Å². The molecule has 1 unspecified atom stereocenters. The number of amides is 1. The first-order valence-electron chi connectivity index (χ1n) is 9.27. The number of benzene rings is 1. The van der Waals surface area contributed by atoms with E-state index in [0.717, 1.165) is 25.2 Å². The number of halogens is 3. The lowest BCUT2D eigenvalue weighted by atomic mass is 10.2. The number of hydrogen-bond donors (Lipinski definition) is 1. The second-order valence-electron chi connectivity index (χ2n) is 7.12. The average Bonchev–Trinajstić information content (AvgIpc) is 3.42. The van der Waals surface area contributed by atoms with Gasteiger partial charge < -0.3 is 10.1 Å². The van der Waals surface area contributed by atoms with Crippen molar-refractivity contribution in [2.75, 3.05) is 26.2 Å². The first kappa shape index (κ1) is 18.9. The molecule has 1 N–H and O–H groups in total. The fourth-order valence-electron chi connectivity index (χ4n) is 3.35. The fraction of sp³-hybridized carbons (Fsp3) is 0.474. The molecule has 1 atom stereocenters. The van der Waals surface area contributed by atoms with Gasteiger partial charge in [-0.25, -0.2) is 4.68 Å². The van der Waals surface area contributed by atoms with Crippen molar-refractivity contribution in [3.63, 3.8) is 0 Å². The number of carbonyl (C=O) groups excluding carboxylic acids is 1. The van der Waals surface area contributed by atoms with Gasteiger partial charge in [-0.3, -0.25) is 9.69 Å². The number of alkyl halides is 3. The molecule has 2 heterocycles. The predicted octanol–water partition coefficient (Wildman–Crippen LogP) is 2.48. The number of morpholine rings is 1. The molecule has 1 aliphatic carbocycles. The molecular weight excluding hydrogens is 373 g/mol. The van der Waals surface area contributed by atoms with Gasteiger partial charge in [0.25, 0.3) is 5.91 Å². The van der Waals surface area contributed by atoms with E-state index in [1.165, 1.54) is 41.9 Å². The van der Waals surface area contributed by atoms with Crippen molar-refractivity contribution in [2.45, 2.75) is 31.2 Å². The predicted molar refractivity (Wildman–Crippen MR) is 95.2 cm³/mol. The van der Waals surface area contributed by atoms with Crippen molar-refractivity contribution in [3.8, 4) is 5.69 Å². The Kier molecular flexibility index (Phi) is 5.11. The summed E-state index contributed by atoms with van der Waals surface area (Å²) in [4.78, 5) is 14.7. The molecule has 6 nitrogen and oxygen atoms in total. The lowest BCUT2D eigenvalue weighted by Gasteiger charge is -2.32. The van der Waals surface area contributed by atoms with E-state index in [2.05, 4.69) is 15.3 Å². The molecule has 28 heavy (non-hydrogen) atoms. The Morgan fingerprint density at radius 2 is 2.11 bits per heavy atom. The highest BCUT2D eigenvalue weighted by Gasteiger charge is 2.33. The van der Waals surface area contributed by atoms with Crippen LogP contribution in [0.3, 0.4) is 0 Å². The Morgan fingerprint density at radius 1 is 1.29 bits per heavy atom. The summed E-state index contributed by atoms with van der Waals surface area (Å²) in [6.45, 7) is 2.75. The summed E-state index contributed by atoms with van der Waals surface area (Å²) < 4.78 is 45.6. The number of nitrogens with zero attached hydrogens (tertiary/aromatic N) is 3. The largest absolute Gasteiger partial charge is 0.416 e. The number of hydrogen-bond acceptors (Lipinski definition) is 4. The summed E-state index contributed by atoms with van der Waals surface area (Å²) in [5.74, 6) is -0.377. The van der Waals surface area contributed by atoms with Gasteiger partial charge in [-0.2, -0.15) is 18.3 Å². The van der Waals surface area contributed by atoms with Crippen molar-refractivity contribution in [3.05, 3.63) is 47.8 Å². The van der Waals surface area contributed by atoms with Crippen LogP contribution in [0, 0.1) is 0 Å². The van der Waals surface area contributed by atoms with E-state index < -0.39 is 11.7 Å². The van der Waals surface area contributed by atoms with E-state index in [1.807, 2.05) is 0 Å². The van der Waals surface area contributed by atoms with Crippen molar-refractivity contribution >= 4 is 5.91 Å². The highest BCUT2D eigenvalue weighted by atomic mass is 19.4. The van der Waals surface area contributed by atoms with Crippen molar-refractivity contribution < 1.29 is 22.7 Å². The molecule has 1 aromatic heterocycles. The lowest BCUT2D eigenvalue weighted by Crippen LogP contribution is -2.48. The van der Waals surface area contributed by atoms with Crippen LogP contribution in [-0.2, 0) is 10.9 Å². The van der Waals surface area contributed by atoms with Gasteiger partial charge in [0.05, 0.1) is 24.0 Å². The number of ether oxygens (including phenoxy) is 1. The third-order valence-corrected chi connectivity index (χ3v) is 4.98. The Morgan fingerprint density at radius 3 is 2.86 bits per heavy atom. The van der Waals surface area contributed by atoms with Gasteiger partial charge in [-0.1, -0.05) is 6.07 Å². The minimum atomic E-state index is -4.43. The van der Waals surface area contributed by atoms with Gasteiger partial charge in [0.1, 0.15) is 0 Å². The quantitative estimate of drug-likeness (QED) is 0.847. The maximum atomic E-state index is 12.9. The molecule has 1 saturated carbocycles.